The molecule has 0 fully saturated rings. The first-order valence-electron chi connectivity index (χ1n) is 11.0. The number of carbonyl (C=O) groups is 1. The van der Waals surface area contributed by atoms with Gasteiger partial charge in [-0.05, 0) is 35.7 Å². The van der Waals surface area contributed by atoms with Crippen molar-refractivity contribution in [3.05, 3.63) is 68.0 Å². The lowest BCUT2D eigenvalue weighted by Crippen LogP contribution is -2.39. The standard InChI is InChI=1S/C26H31N3O6/c1-26(2,3)24(16-13-14(34-6)11-12-18(16)35-7)28-20-19(22(31)23(20)32)27-17-10-8-9-15(21(17)30)25(33)29(4)5/h8-13,24,27-28,30H,1-7H3. The molecule has 0 radical (unpaired) electrons. The Hall–Kier alpha value is -4.01. The van der Waals surface area contributed by atoms with Crippen LogP contribution in [-0.4, -0.2) is 44.2 Å². The number of nitrogens with one attached hydrogen (secondary N) is 2. The number of carbonyl (C=O) groups excluding carboxylic acids is 1. The number of phenols is 1. The maximum atomic E-state index is 12.6. The predicted molar refractivity (Wildman–Crippen MR) is 136 cm³/mol. The third-order valence-corrected chi connectivity index (χ3v) is 5.75. The fourth-order valence-corrected chi connectivity index (χ4v) is 3.81. The van der Waals surface area contributed by atoms with E-state index in [1.54, 1.807) is 46.5 Å². The lowest BCUT2D eigenvalue weighted by Gasteiger charge is -2.34. The SMILES string of the molecule is COc1ccc(OC)c(C(Nc2c(Nc3cccc(C(=O)N(C)C)c3O)c(=O)c2=O)C(C)(C)C)c1. The molecule has 0 aromatic heterocycles. The van der Waals surface area contributed by atoms with Gasteiger partial charge in [-0.2, -0.15) is 0 Å². The summed E-state index contributed by atoms with van der Waals surface area (Å²) < 4.78 is 10.9. The molecule has 0 heterocycles. The van der Waals surface area contributed by atoms with E-state index in [1.165, 1.54) is 17.0 Å². The van der Waals surface area contributed by atoms with Crippen LogP contribution in [0.3, 0.4) is 0 Å². The summed E-state index contributed by atoms with van der Waals surface area (Å²) in [5, 5.41) is 16.7. The summed E-state index contributed by atoms with van der Waals surface area (Å²) in [6, 6.07) is 9.52. The van der Waals surface area contributed by atoms with Crippen LogP contribution in [0.4, 0.5) is 17.1 Å². The largest absolute Gasteiger partial charge is 0.505 e. The minimum atomic E-state index is -0.721. The molecule has 1 amide bonds. The zero-order chi connectivity index (χ0) is 26.1. The number of benzene rings is 2. The molecule has 3 N–H and O–H groups in total. The Labute approximate surface area is 204 Å². The van der Waals surface area contributed by atoms with Gasteiger partial charge < -0.3 is 30.1 Å². The topological polar surface area (TPSA) is 117 Å². The quantitative estimate of drug-likeness (QED) is 0.330. The van der Waals surface area contributed by atoms with Gasteiger partial charge in [-0.1, -0.05) is 26.8 Å². The van der Waals surface area contributed by atoms with Crippen molar-refractivity contribution in [2.24, 2.45) is 5.41 Å². The highest BCUT2D eigenvalue weighted by Crippen LogP contribution is 2.42. The number of phenolic OH excluding ortho intramolecular Hbond substituents is 1. The third kappa shape index (κ3) is 4.94. The van der Waals surface area contributed by atoms with E-state index in [0.717, 1.165) is 5.56 Å². The van der Waals surface area contributed by atoms with E-state index in [2.05, 4.69) is 10.6 Å². The first-order valence-corrected chi connectivity index (χ1v) is 11.0. The second-order valence-corrected chi connectivity index (χ2v) is 9.49. The van der Waals surface area contributed by atoms with Gasteiger partial charge in [-0.3, -0.25) is 14.4 Å². The summed E-state index contributed by atoms with van der Waals surface area (Å²) in [5.41, 5.74) is -0.748. The van der Waals surface area contributed by atoms with Crippen molar-refractivity contribution in [2.45, 2.75) is 26.8 Å². The molecule has 3 rings (SSSR count). The number of para-hydroxylation sites is 1. The van der Waals surface area contributed by atoms with E-state index in [-0.39, 0.29) is 28.4 Å². The van der Waals surface area contributed by atoms with Gasteiger partial charge in [0.25, 0.3) is 16.8 Å². The zero-order valence-electron chi connectivity index (χ0n) is 21.0. The van der Waals surface area contributed by atoms with Gasteiger partial charge >= 0.3 is 0 Å². The Morgan fingerprint density at radius 3 is 2.23 bits per heavy atom. The van der Waals surface area contributed by atoms with Crippen molar-refractivity contribution in [1.29, 1.82) is 0 Å². The maximum Gasteiger partial charge on any atom is 0.257 e. The number of aromatic hydroxyl groups is 1. The van der Waals surface area contributed by atoms with E-state index in [9.17, 15) is 19.5 Å². The molecule has 0 aliphatic heterocycles. The molecule has 3 aromatic carbocycles. The second-order valence-electron chi connectivity index (χ2n) is 9.49. The smallest absolute Gasteiger partial charge is 0.257 e. The van der Waals surface area contributed by atoms with Gasteiger partial charge in [-0.25, -0.2) is 0 Å². The summed E-state index contributed by atoms with van der Waals surface area (Å²) in [5.74, 6) is 0.505. The Balaban J connectivity index is 2.03. The second kappa shape index (κ2) is 9.69. The fraction of sp³-hybridized carbons (Fsp3) is 0.346. The zero-order valence-corrected chi connectivity index (χ0v) is 21.0. The molecule has 0 saturated heterocycles. The van der Waals surface area contributed by atoms with E-state index < -0.39 is 28.2 Å². The van der Waals surface area contributed by atoms with Crippen molar-refractivity contribution in [3.8, 4) is 17.2 Å². The predicted octanol–water partition coefficient (Wildman–Crippen LogP) is 3.65. The van der Waals surface area contributed by atoms with Gasteiger partial charge in [0.15, 0.2) is 5.75 Å². The molecule has 0 aliphatic rings. The third-order valence-electron chi connectivity index (χ3n) is 5.75. The van der Waals surface area contributed by atoms with Crippen LogP contribution < -0.4 is 31.0 Å². The van der Waals surface area contributed by atoms with Crippen LogP contribution in [0.15, 0.2) is 46.0 Å². The number of rotatable bonds is 8. The molecule has 0 bridgehead atoms. The number of hydrogen-bond donors (Lipinski definition) is 3. The molecule has 35 heavy (non-hydrogen) atoms. The van der Waals surface area contributed by atoms with Crippen molar-refractivity contribution in [3.63, 3.8) is 0 Å². The van der Waals surface area contributed by atoms with Crippen molar-refractivity contribution >= 4 is 23.0 Å². The summed E-state index contributed by atoms with van der Waals surface area (Å²) in [7, 11) is 6.26. The van der Waals surface area contributed by atoms with Crippen LogP contribution >= 0.6 is 0 Å². The first kappa shape index (κ1) is 25.6. The summed E-state index contributed by atoms with van der Waals surface area (Å²) in [6.07, 6.45) is 0. The fourth-order valence-electron chi connectivity index (χ4n) is 3.81. The number of nitrogens with zero attached hydrogens (tertiary/aromatic N) is 1. The number of methoxy groups -OCH3 is 2. The minimum absolute atomic E-state index is 0.0101. The molecule has 1 atom stereocenters. The van der Waals surface area contributed by atoms with Crippen molar-refractivity contribution in [1.82, 2.24) is 4.90 Å². The Bertz CT molecular complexity index is 1320. The van der Waals surface area contributed by atoms with Crippen LogP contribution in [-0.2, 0) is 0 Å². The normalized spacial score (nSPS) is 12.2. The molecular formula is C26H31N3O6. The van der Waals surface area contributed by atoms with Gasteiger partial charge in [0.1, 0.15) is 22.9 Å². The lowest BCUT2D eigenvalue weighted by atomic mass is 9.81. The monoisotopic (exact) mass is 481 g/mol. The Kier molecular flexibility index (Phi) is 7.09. The van der Waals surface area contributed by atoms with Crippen LogP contribution in [0.5, 0.6) is 17.2 Å². The highest BCUT2D eigenvalue weighted by atomic mass is 16.5. The van der Waals surface area contributed by atoms with E-state index in [4.69, 9.17) is 9.47 Å². The minimum Gasteiger partial charge on any atom is -0.505 e. The molecule has 3 aromatic rings. The Morgan fingerprint density at radius 1 is 1.00 bits per heavy atom. The van der Waals surface area contributed by atoms with E-state index in [0.29, 0.717) is 11.5 Å². The molecule has 0 aliphatic carbocycles. The van der Waals surface area contributed by atoms with Crippen molar-refractivity contribution < 1.29 is 19.4 Å². The maximum absolute atomic E-state index is 12.6. The van der Waals surface area contributed by atoms with Gasteiger partial charge in [0.2, 0.25) is 0 Å². The average Bonchev–Trinajstić information content (AvgIpc) is 2.82. The lowest BCUT2D eigenvalue weighted by molar-refractivity contribution is 0.0824. The highest BCUT2D eigenvalue weighted by molar-refractivity contribution is 5.99. The molecular weight excluding hydrogens is 450 g/mol. The molecule has 9 heteroatoms. The number of amides is 1. The van der Waals surface area contributed by atoms with Crippen LogP contribution in [0.2, 0.25) is 0 Å². The van der Waals surface area contributed by atoms with E-state index in [1.807, 2.05) is 26.8 Å². The highest BCUT2D eigenvalue weighted by Gasteiger charge is 2.33. The first-order chi connectivity index (χ1) is 16.4. The number of ether oxygens (including phenoxy) is 2. The number of hydrogen-bond acceptors (Lipinski definition) is 8. The van der Waals surface area contributed by atoms with Crippen LogP contribution in [0.25, 0.3) is 0 Å². The molecule has 1 unspecified atom stereocenters. The summed E-state index contributed by atoms with van der Waals surface area (Å²) in [4.78, 5) is 38.8. The Morgan fingerprint density at radius 2 is 1.66 bits per heavy atom. The number of anilines is 3. The van der Waals surface area contributed by atoms with Crippen LogP contribution in [0.1, 0.15) is 42.7 Å². The molecule has 186 valence electrons. The van der Waals surface area contributed by atoms with Gasteiger partial charge in [-0.15, -0.1) is 0 Å². The van der Waals surface area contributed by atoms with Gasteiger partial charge in [0.05, 0.1) is 31.5 Å². The van der Waals surface area contributed by atoms with Crippen molar-refractivity contribution in [2.75, 3.05) is 38.9 Å². The van der Waals surface area contributed by atoms with Crippen LogP contribution in [0, 0.1) is 5.41 Å². The summed E-state index contributed by atoms with van der Waals surface area (Å²) in [6.45, 7) is 5.97. The average molecular weight is 482 g/mol. The molecule has 0 spiro atoms. The molecule has 9 nitrogen and oxygen atoms in total. The molecule has 0 saturated carbocycles. The van der Waals surface area contributed by atoms with Gasteiger partial charge in [0, 0.05) is 19.7 Å². The summed E-state index contributed by atoms with van der Waals surface area (Å²) >= 11 is 0. The van der Waals surface area contributed by atoms with E-state index >= 15 is 0 Å².